The molecule has 0 aromatic heterocycles. The zero-order chi connectivity index (χ0) is 13.7. The largest absolute Gasteiger partial charge is 0.497 e. The van der Waals surface area contributed by atoms with Gasteiger partial charge < -0.3 is 10.1 Å². The third-order valence-electron chi connectivity index (χ3n) is 4.47. The molecule has 0 aliphatic heterocycles. The normalized spacial score (nSPS) is 25.9. The Morgan fingerprint density at radius 2 is 1.89 bits per heavy atom. The van der Waals surface area contributed by atoms with Crippen LogP contribution < -0.4 is 10.1 Å². The molecule has 1 aliphatic rings. The molecule has 1 aliphatic carbocycles. The first kappa shape index (κ1) is 14.4. The Morgan fingerprint density at radius 3 is 2.42 bits per heavy atom. The second-order valence-corrected chi connectivity index (χ2v) is 5.85. The van der Waals surface area contributed by atoms with Crippen LogP contribution in [0.25, 0.3) is 0 Å². The number of benzene rings is 1. The van der Waals surface area contributed by atoms with Crippen LogP contribution >= 0.6 is 0 Å². The molecule has 1 aromatic rings. The number of hydrogen-bond acceptors (Lipinski definition) is 2. The summed E-state index contributed by atoms with van der Waals surface area (Å²) in [6, 6.07) is 8.68. The molecule has 106 valence electrons. The van der Waals surface area contributed by atoms with E-state index in [4.69, 9.17) is 4.74 Å². The van der Waals surface area contributed by atoms with Gasteiger partial charge in [-0.05, 0) is 43.0 Å². The fourth-order valence-electron chi connectivity index (χ4n) is 3.45. The first-order valence-electron chi connectivity index (χ1n) is 7.59. The van der Waals surface area contributed by atoms with E-state index >= 15 is 0 Å². The van der Waals surface area contributed by atoms with E-state index in [1.54, 1.807) is 7.11 Å². The van der Waals surface area contributed by atoms with Gasteiger partial charge in [-0.15, -0.1) is 0 Å². The summed E-state index contributed by atoms with van der Waals surface area (Å²) in [4.78, 5) is 0. The van der Waals surface area contributed by atoms with Gasteiger partial charge in [-0.1, -0.05) is 38.8 Å². The zero-order valence-corrected chi connectivity index (χ0v) is 12.5. The van der Waals surface area contributed by atoms with Crippen LogP contribution in [0.5, 0.6) is 5.75 Å². The maximum Gasteiger partial charge on any atom is 0.118 e. The van der Waals surface area contributed by atoms with Gasteiger partial charge >= 0.3 is 0 Å². The Bertz CT molecular complexity index is 379. The van der Waals surface area contributed by atoms with Gasteiger partial charge in [0.15, 0.2) is 0 Å². The number of ether oxygens (including phenoxy) is 1. The highest BCUT2D eigenvalue weighted by Crippen LogP contribution is 2.49. The van der Waals surface area contributed by atoms with E-state index in [0.717, 1.165) is 24.8 Å². The smallest absolute Gasteiger partial charge is 0.118 e. The molecule has 0 amide bonds. The van der Waals surface area contributed by atoms with Crippen LogP contribution in [0.3, 0.4) is 0 Å². The van der Waals surface area contributed by atoms with Crippen LogP contribution in [0.4, 0.5) is 0 Å². The summed E-state index contributed by atoms with van der Waals surface area (Å²) in [7, 11) is 1.73. The average molecular weight is 261 g/mol. The molecule has 0 heterocycles. The van der Waals surface area contributed by atoms with Gasteiger partial charge in [-0.3, -0.25) is 0 Å². The number of hydrogen-bond donors (Lipinski definition) is 1. The Labute approximate surface area is 117 Å². The highest BCUT2D eigenvalue weighted by molar-refractivity contribution is 5.35. The van der Waals surface area contributed by atoms with Crippen LogP contribution in [-0.4, -0.2) is 20.2 Å². The van der Waals surface area contributed by atoms with Gasteiger partial charge in [0.2, 0.25) is 0 Å². The maximum atomic E-state index is 5.26. The van der Waals surface area contributed by atoms with Crippen molar-refractivity contribution in [2.75, 3.05) is 20.2 Å². The van der Waals surface area contributed by atoms with Crippen LogP contribution in [0.2, 0.25) is 0 Å². The summed E-state index contributed by atoms with van der Waals surface area (Å²) in [5, 5.41) is 3.55. The summed E-state index contributed by atoms with van der Waals surface area (Å²) >= 11 is 0. The van der Waals surface area contributed by atoms with Crippen LogP contribution in [0, 0.1) is 5.92 Å². The lowest BCUT2D eigenvalue weighted by Gasteiger charge is -2.49. The SMILES string of the molecule is CCCC1CC(CNCC)(c2ccc(OC)cc2)C1. The van der Waals surface area contributed by atoms with Crippen LogP contribution in [0.1, 0.15) is 45.1 Å². The lowest BCUT2D eigenvalue weighted by molar-refractivity contribution is 0.129. The highest BCUT2D eigenvalue weighted by Gasteiger charge is 2.44. The van der Waals surface area contributed by atoms with E-state index in [1.807, 2.05) is 0 Å². The van der Waals surface area contributed by atoms with Crippen molar-refractivity contribution in [3.05, 3.63) is 29.8 Å². The minimum absolute atomic E-state index is 0.363. The van der Waals surface area contributed by atoms with E-state index < -0.39 is 0 Å². The van der Waals surface area contributed by atoms with E-state index in [2.05, 4.69) is 43.4 Å². The van der Waals surface area contributed by atoms with Gasteiger partial charge in [0.1, 0.15) is 5.75 Å². The number of methoxy groups -OCH3 is 1. The second-order valence-electron chi connectivity index (χ2n) is 5.85. The van der Waals surface area contributed by atoms with Crippen molar-refractivity contribution in [3.8, 4) is 5.75 Å². The minimum atomic E-state index is 0.363. The second kappa shape index (κ2) is 6.42. The molecule has 2 heteroatoms. The summed E-state index contributed by atoms with van der Waals surface area (Å²) in [5.41, 5.74) is 1.84. The van der Waals surface area contributed by atoms with E-state index in [-0.39, 0.29) is 0 Å². The van der Waals surface area contributed by atoms with E-state index in [9.17, 15) is 0 Å². The van der Waals surface area contributed by atoms with Crippen LogP contribution in [0.15, 0.2) is 24.3 Å². The highest BCUT2D eigenvalue weighted by atomic mass is 16.5. The maximum absolute atomic E-state index is 5.26. The molecule has 1 saturated carbocycles. The molecule has 0 saturated heterocycles. The summed E-state index contributed by atoms with van der Waals surface area (Å²) in [6.45, 7) is 6.63. The predicted octanol–water partition coefficient (Wildman–Crippen LogP) is 3.75. The van der Waals surface area contributed by atoms with E-state index in [0.29, 0.717) is 5.41 Å². The molecule has 1 aromatic carbocycles. The molecular formula is C17H27NO. The first-order valence-corrected chi connectivity index (χ1v) is 7.59. The Hall–Kier alpha value is -1.02. The predicted molar refractivity (Wildman–Crippen MR) is 80.8 cm³/mol. The molecule has 2 rings (SSSR count). The third kappa shape index (κ3) is 3.11. The van der Waals surface area contributed by atoms with Crippen molar-refractivity contribution in [2.24, 2.45) is 5.92 Å². The quantitative estimate of drug-likeness (QED) is 0.807. The van der Waals surface area contributed by atoms with Gasteiger partial charge in [0.25, 0.3) is 0 Å². The van der Waals surface area contributed by atoms with Crippen molar-refractivity contribution in [1.82, 2.24) is 5.32 Å². The zero-order valence-electron chi connectivity index (χ0n) is 12.5. The molecule has 0 radical (unpaired) electrons. The molecule has 0 atom stereocenters. The summed E-state index contributed by atoms with van der Waals surface area (Å²) < 4.78 is 5.26. The average Bonchev–Trinajstić information content (AvgIpc) is 2.41. The Balaban J connectivity index is 2.09. The molecule has 19 heavy (non-hydrogen) atoms. The standard InChI is InChI=1S/C17H27NO/c1-4-6-14-11-17(12-14,13-18-5-2)15-7-9-16(19-3)10-8-15/h7-10,14,18H,4-6,11-13H2,1-3H3. The third-order valence-corrected chi connectivity index (χ3v) is 4.47. The number of rotatable bonds is 7. The van der Waals surface area contributed by atoms with Gasteiger partial charge in [0, 0.05) is 12.0 Å². The molecular weight excluding hydrogens is 234 g/mol. The minimum Gasteiger partial charge on any atom is -0.497 e. The molecule has 0 unspecified atom stereocenters. The number of likely N-dealkylation sites (N-methyl/N-ethyl adjacent to an activating group) is 1. The molecule has 0 spiro atoms. The van der Waals surface area contributed by atoms with Crippen LogP contribution in [-0.2, 0) is 5.41 Å². The fourth-order valence-corrected chi connectivity index (χ4v) is 3.45. The number of nitrogens with one attached hydrogen (secondary N) is 1. The van der Waals surface area contributed by atoms with Crippen molar-refractivity contribution >= 4 is 0 Å². The topological polar surface area (TPSA) is 21.3 Å². The fraction of sp³-hybridized carbons (Fsp3) is 0.647. The Kier molecular flexibility index (Phi) is 4.87. The van der Waals surface area contributed by atoms with Gasteiger partial charge in [0.05, 0.1) is 7.11 Å². The summed E-state index contributed by atoms with van der Waals surface area (Å²) in [6.07, 6.45) is 5.36. The van der Waals surface area contributed by atoms with Gasteiger partial charge in [-0.25, -0.2) is 0 Å². The van der Waals surface area contributed by atoms with Crippen molar-refractivity contribution in [3.63, 3.8) is 0 Å². The lowest BCUT2D eigenvalue weighted by Crippen LogP contribution is -2.48. The molecule has 0 bridgehead atoms. The monoisotopic (exact) mass is 261 g/mol. The van der Waals surface area contributed by atoms with Crippen molar-refractivity contribution < 1.29 is 4.74 Å². The molecule has 1 fully saturated rings. The Morgan fingerprint density at radius 1 is 1.21 bits per heavy atom. The van der Waals surface area contributed by atoms with Gasteiger partial charge in [-0.2, -0.15) is 0 Å². The van der Waals surface area contributed by atoms with E-state index in [1.165, 1.54) is 31.2 Å². The van der Waals surface area contributed by atoms with Crippen molar-refractivity contribution in [2.45, 2.75) is 44.9 Å². The summed E-state index contributed by atoms with van der Waals surface area (Å²) in [5.74, 6) is 1.87. The molecule has 2 nitrogen and oxygen atoms in total. The lowest BCUT2D eigenvalue weighted by atomic mass is 9.57. The first-order chi connectivity index (χ1) is 9.24. The van der Waals surface area contributed by atoms with Crippen molar-refractivity contribution in [1.29, 1.82) is 0 Å². The molecule has 1 N–H and O–H groups in total.